The molecule has 0 radical (unpaired) electrons. The van der Waals surface area contributed by atoms with E-state index in [1.165, 1.54) is 9.91 Å². The highest BCUT2D eigenvalue weighted by Gasteiger charge is 2.70. The summed E-state index contributed by atoms with van der Waals surface area (Å²) in [4.78, 5) is 59.8. The van der Waals surface area contributed by atoms with Crippen LogP contribution < -0.4 is 5.43 Å². The number of aryl methyl sites for hydroxylation is 3. The lowest BCUT2D eigenvalue weighted by Gasteiger charge is -2.50. The molecule has 2 aliphatic carbocycles. The van der Waals surface area contributed by atoms with E-state index in [0.717, 1.165) is 22.3 Å². The Morgan fingerprint density at radius 1 is 0.780 bits per heavy atom. The highest BCUT2D eigenvalue weighted by molar-refractivity contribution is 6.13. The van der Waals surface area contributed by atoms with Gasteiger partial charge in [0.1, 0.15) is 5.75 Å². The molecule has 2 N–H and O–H groups in total. The number of phenolic OH excluding ortho intramolecular Hbond substituents is 1. The predicted molar refractivity (Wildman–Crippen MR) is 188 cm³/mol. The maximum absolute atomic E-state index is 15.3. The lowest BCUT2D eigenvalue weighted by molar-refractivity contribution is -0.142. The number of hydrogen-bond acceptors (Lipinski definition) is 6. The first-order chi connectivity index (χ1) is 24.1. The van der Waals surface area contributed by atoms with Crippen molar-refractivity contribution in [1.29, 1.82) is 0 Å². The molecule has 0 spiro atoms. The second kappa shape index (κ2) is 11.8. The smallest absolute Gasteiger partial charge is 0.260 e. The Bertz CT molecular complexity index is 2050. The number of carbonyl (C=O) groups excluding carboxylic acids is 4. The van der Waals surface area contributed by atoms with Gasteiger partial charge in [-0.1, -0.05) is 102 Å². The first-order valence-corrected chi connectivity index (χ1v) is 17.3. The minimum absolute atomic E-state index is 0.175. The van der Waals surface area contributed by atoms with Gasteiger partial charge in [0.25, 0.3) is 11.8 Å². The molecule has 3 fully saturated rings. The highest BCUT2D eigenvalue weighted by Crippen LogP contribution is 2.64. The molecule has 4 aromatic carbocycles. The van der Waals surface area contributed by atoms with Crippen molar-refractivity contribution in [2.75, 3.05) is 5.43 Å². The third-order valence-corrected chi connectivity index (χ3v) is 11.5. The molecule has 8 rings (SSSR count). The van der Waals surface area contributed by atoms with Crippen molar-refractivity contribution < 1.29 is 24.3 Å². The van der Waals surface area contributed by atoms with Crippen molar-refractivity contribution in [3.05, 3.63) is 142 Å². The Balaban J connectivity index is 1.31. The van der Waals surface area contributed by atoms with E-state index in [2.05, 4.69) is 11.5 Å². The number of phenols is 1. The monoisotopic (exact) mass is 665 g/mol. The quantitative estimate of drug-likeness (QED) is 0.180. The zero-order chi connectivity index (χ0) is 34.9. The van der Waals surface area contributed by atoms with Crippen molar-refractivity contribution >= 4 is 29.3 Å². The van der Waals surface area contributed by atoms with Gasteiger partial charge in [0, 0.05) is 5.92 Å². The summed E-state index contributed by atoms with van der Waals surface area (Å²) in [5.74, 6) is -4.08. The molecule has 0 aromatic heterocycles. The molecule has 0 bridgehead atoms. The number of amides is 4. The number of nitrogens with zero attached hydrogens (tertiary/aromatic N) is 2. The van der Waals surface area contributed by atoms with E-state index in [1.54, 1.807) is 0 Å². The van der Waals surface area contributed by atoms with Gasteiger partial charge < -0.3 is 5.11 Å². The number of hydrogen-bond donors (Lipinski definition) is 2. The summed E-state index contributed by atoms with van der Waals surface area (Å²) >= 11 is 0. The van der Waals surface area contributed by atoms with E-state index >= 15 is 4.79 Å². The van der Waals surface area contributed by atoms with Crippen LogP contribution >= 0.6 is 0 Å². The lowest BCUT2D eigenvalue weighted by Crippen LogP contribution is -2.53. The number of rotatable bonds is 6. The lowest BCUT2D eigenvalue weighted by atomic mass is 9.49. The second-order valence-corrected chi connectivity index (χ2v) is 14.3. The molecule has 6 atom stereocenters. The molecule has 4 aliphatic rings. The summed E-state index contributed by atoms with van der Waals surface area (Å²) in [5.41, 5.74) is 8.04. The molecular formula is C42H39N3O5. The highest BCUT2D eigenvalue weighted by atomic mass is 16.3. The van der Waals surface area contributed by atoms with Gasteiger partial charge >= 0.3 is 0 Å². The predicted octanol–water partition coefficient (Wildman–Crippen LogP) is 6.50. The number of aromatic hydroxyl groups is 1. The fourth-order valence-electron chi connectivity index (χ4n) is 9.27. The zero-order valence-electron chi connectivity index (χ0n) is 28.3. The summed E-state index contributed by atoms with van der Waals surface area (Å²) in [6.07, 6.45) is 2.67. The summed E-state index contributed by atoms with van der Waals surface area (Å²) in [6.45, 7) is 5.82. The van der Waals surface area contributed by atoms with Crippen LogP contribution in [0.15, 0.2) is 109 Å². The van der Waals surface area contributed by atoms with E-state index in [4.69, 9.17) is 0 Å². The molecule has 2 heterocycles. The van der Waals surface area contributed by atoms with Crippen molar-refractivity contribution in [3.63, 3.8) is 0 Å². The number of fused-ring (bicyclic) bond motifs is 4. The molecule has 1 saturated carbocycles. The van der Waals surface area contributed by atoms with Gasteiger partial charge in [0.05, 0.1) is 35.4 Å². The molecule has 6 unspecified atom stereocenters. The minimum atomic E-state index is -1.35. The molecule has 252 valence electrons. The van der Waals surface area contributed by atoms with Gasteiger partial charge in [0.15, 0.2) is 0 Å². The Morgan fingerprint density at radius 2 is 1.42 bits per heavy atom. The Kier molecular flexibility index (Phi) is 7.51. The molecule has 4 aromatic rings. The first-order valence-electron chi connectivity index (χ1n) is 17.3. The SMILES string of the molecule is Cc1ccc(NN2C(=O)C3CC4C(=CCC5C(=O)N(Cc6ccccc6)C(=O)C54)C(c4cc(C)c(O)c(C)c4)C3(c3ccccc3)C2=O)cc1. The van der Waals surface area contributed by atoms with Crippen LogP contribution in [-0.2, 0) is 31.1 Å². The number of benzene rings is 4. The Morgan fingerprint density at radius 3 is 2.08 bits per heavy atom. The van der Waals surface area contributed by atoms with Crippen LogP contribution in [0.4, 0.5) is 5.69 Å². The molecule has 50 heavy (non-hydrogen) atoms. The number of allylic oxidation sites excluding steroid dienone is 2. The summed E-state index contributed by atoms with van der Waals surface area (Å²) in [6, 6.07) is 30.3. The molecule has 2 saturated heterocycles. The van der Waals surface area contributed by atoms with E-state index in [0.29, 0.717) is 28.8 Å². The maximum Gasteiger partial charge on any atom is 0.260 e. The standard InChI is InChI=1S/C42H39N3O5/c1-24-14-16-30(17-15-24)43-45-39(48)34-22-33-31(18-19-32-35(33)40(49)44(38(32)47)23-27-10-6-4-7-11-27)36(28-20-25(2)37(46)26(3)21-28)42(34,41(45)50)29-12-8-5-9-13-29/h4-18,20-21,32-36,43,46H,19,22-23H2,1-3H3. The van der Waals surface area contributed by atoms with Gasteiger partial charge in [-0.05, 0) is 79.5 Å². The average molecular weight is 666 g/mol. The third-order valence-electron chi connectivity index (χ3n) is 11.5. The van der Waals surface area contributed by atoms with Gasteiger partial charge in [-0.2, -0.15) is 5.01 Å². The van der Waals surface area contributed by atoms with E-state index < -0.39 is 35.0 Å². The normalized spacial score (nSPS) is 27.2. The average Bonchev–Trinajstić information content (AvgIpc) is 3.49. The number of nitrogens with one attached hydrogen (secondary N) is 1. The van der Waals surface area contributed by atoms with Gasteiger partial charge in [-0.3, -0.25) is 29.5 Å². The summed E-state index contributed by atoms with van der Waals surface area (Å²) < 4.78 is 0. The van der Waals surface area contributed by atoms with Crippen molar-refractivity contribution in [2.45, 2.75) is 51.5 Å². The number of hydrazine groups is 1. The fraction of sp³-hybridized carbons (Fsp3) is 0.286. The number of anilines is 1. The topological polar surface area (TPSA) is 107 Å². The van der Waals surface area contributed by atoms with Crippen molar-refractivity contribution in [1.82, 2.24) is 9.91 Å². The number of imide groups is 2. The van der Waals surface area contributed by atoms with E-state index in [9.17, 15) is 19.5 Å². The van der Waals surface area contributed by atoms with Crippen LogP contribution in [0.3, 0.4) is 0 Å². The van der Waals surface area contributed by atoms with Crippen LogP contribution in [0.5, 0.6) is 5.75 Å². The summed E-state index contributed by atoms with van der Waals surface area (Å²) in [5, 5.41) is 12.0. The van der Waals surface area contributed by atoms with Crippen LogP contribution in [0.2, 0.25) is 0 Å². The van der Waals surface area contributed by atoms with Crippen LogP contribution in [-0.4, -0.2) is 38.6 Å². The second-order valence-electron chi connectivity index (χ2n) is 14.3. The number of likely N-dealkylation sites (tertiary alicyclic amines) is 1. The molecular weight excluding hydrogens is 626 g/mol. The molecule has 8 heteroatoms. The summed E-state index contributed by atoms with van der Waals surface area (Å²) in [7, 11) is 0. The Labute approximate surface area is 291 Å². The largest absolute Gasteiger partial charge is 0.507 e. The van der Waals surface area contributed by atoms with Crippen LogP contribution in [0.25, 0.3) is 0 Å². The van der Waals surface area contributed by atoms with E-state index in [-0.39, 0.29) is 42.3 Å². The minimum Gasteiger partial charge on any atom is -0.507 e. The van der Waals surface area contributed by atoms with Gasteiger partial charge in [-0.25, -0.2) is 0 Å². The number of carbonyl (C=O) groups is 4. The van der Waals surface area contributed by atoms with Gasteiger partial charge in [0.2, 0.25) is 11.8 Å². The fourth-order valence-corrected chi connectivity index (χ4v) is 9.27. The van der Waals surface area contributed by atoms with E-state index in [1.807, 2.05) is 118 Å². The third kappa shape index (κ3) is 4.65. The first kappa shape index (κ1) is 31.7. The molecule has 2 aliphatic heterocycles. The van der Waals surface area contributed by atoms with Crippen LogP contribution in [0.1, 0.15) is 52.1 Å². The molecule has 8 nitrogen and oxygen atoms in total. The van der Waals surface area contributed by atoms with Crippen molar-refractivity contribution in [3.8, 4) is 5.75 Å². The molecule has 4 amide bonds. The maximum atomic E-state index is 15.3. The van der Waals surface area contributed by atoms with Crippen LogP contribution in [0, 0.1) is 44.4 Å². The van der Waals surface area contributed by atoms with Gasteiger partial charge in [-0.15, -0.1) is 0 Å². The Hall–Kier alpha value is -5.50. The zero-order valence-corrected chi connectivity index (χ0v) is 28.3. The van der Waals surface area contributed by atoms with Crippen molar-refractivity contribution in [2.24, 2.45) is 23.7 Å².